The van der Waals surface area contributed by atoms with Gasteiger partial charge in [0.1, 0.15) is 23.4 Å². The summed E-state index contributed by atoms with van der Waals surface area (Å²) in [5.74, 6) is -0.399. The van der Waals surface area contributed by atoms with E-state index in [1.807, 2.05) is 32.0 Å². The molecule has 8 nitrogen and oxygen atoms in total. The lowest BCUT2D eigenvalue weighted by Gasteiger charge is -2.36. The predicted octanol–water partition coefficient (Wildman–Crippen LogP) is 7.82. The van der Waals surface area contributed by atoms with Gasteiger partial charge in [0, 0.05) is 19.0 Å². The number of amides is 3. The number of hydrogen-bond acceptors (Lipinski definition) is 5. The van der Waals surface area contributed by atoms with Crippen LogP contribution in [0.15, 0.2) is 42.5 Å². The van der Waals surface area contributed by atoms with Gasteiger partial charge in [-0.2, -0.15) is 0 Å². The highest BCUT2D eigenvalue weighted by atomic mass is 16.6. The number of carbonyl (C=O) groups is 3. The van der Waals surface area contributed by atoms with Crippen molar-refractivity contribution < 1.29 is 24.2 Å². The Kier molecular flexibility index (Phi) is 14.4. The molecule has 3 amide bonds. The molecule has 1 aliphatic rings. The Morgan fingerprint density at radius 2 is 1.59 bits per heavy atom. The van der Waals surface area contributed by atoms with Gasteiger partial charge < -0.3 is 25.4 Å². The van der Waals surface area contributed by atoms with Crippen molar-refractivity contribution in [2.75, 3.05) is 6.54 Å². The molecular weight excluding hydrogens is 578 g/mol. The SMILES string of the molecule is CCCCCCCCN(C(=O)C(Cc1ccc(O)cc1)NC(=O)OC(C)(C)C)C(C(=O)NC1CCCCC1)c1cc(C)ccc1C. The van der Waals surface area contributed by atoms with E-state index in [9.17, 15) is 19.5 Å². The second-order valence-corrected chi connectivity index (χ2v) is 14.0. The number of unbranched alkanes of at least 4 members (excludes halogenated alkanes) is 5. The maximum Gasteiger partial charge on any atom is 0.408 e. The average Bonchev–Trinajstić information content (AvgIpc) is 2.99. The number of nitrogens with zero attached hydrogens (tertiary/aromatic N) is 1. The minimum Gasteiger partial charge on any atom is -0.508 e. The summed E-state index contributed by atoms with van der Waals surface area (Å²) in [7, 11) is 0. The summed E-state index contributed by atoms with van der Waals surface area (Å²) >= 11 is 0. The van der Waals surface area contributed by atoms with Crippen LogP contribution in [-0.4, -0.2) is 52.1 Å². The van der Waals surface area contributed by atoms with Crippen LogP contribution < -0.4 is 10.6 Å². The smallest absolute Gasteiger partial charge is 0.408 e. The zero-order chi connectivity index (χ0) is 33.7. The van der Waals surface area contributed by atoms with Crippen molar-refractivity contribution in [3.8, 4) is 5.75 Å². The van der Waals surface area contributed by atoms with Crippen molar-refractivity contribution in [3.63, 3.8) is 0 Å². The number of alkyl carbamates (subject to hydrolysis) is 1. The van der Waals surface area contributed by atoms with E-state index in [0.29, 0.717) is 6.54 Å². The number of benzene rings is 2. The van der Waals surface area contributed by atoms with Gasteiger partial charge in [0.2, 0.25) is 11.8 Å². The lowest BCUT2D eigenvalue weighted by molar-refractivity contribution is -0.143. The molecule has 0 heterocycles. The van der Waals surface area contributed by atoms with Crippen LogP contribution in [-0.2, 0) is 20.7 Å². The van der Waals surface area contributed by atoms with Crippen LogP contribution >= 0.6 is 0 Å². The topological polar surface area (TPSA) is 108 Å². The van der Waals surface area contributed by atoms with E-state index in [2.05, 4.69) is 17.6 Å². The van der Waals surface area contributed by atoms with Crippen LogP contribution in [0.25, 0.3) is 0 Å². The zero-order valence-corrected chi connectivity index (χ0v) is 29.0. The summed E-state index contributed by atoms with van der Waals surface area (Å²) in [5, 5.41) is 16.0. The number of nitrogens with one attached hydrogen (secondary N) is 2. The second-order valence-electron chi connectivity index (χ2n) is 14.0. The molecule has 1 aliphatic carbocycles. The van der Waals surface area contributed by atoms with Crippen molar-refractivity contribution in [1.29, 1.82) is 0 Å². The van der Waals surface area contributed by atoms with Crippen molar-refractivity contribution in [2.24, 2.45) is 0 Å². The molecule has 2 aromatic rings. The number of aromatic hydroxyl groups is 1. The van der Waals surface area contributed by atoms with Crippen LogP contribution in [0.4, 0.5) is 4.79 Å². The standard InChI is InChI=1S/C38H57N3O5/c1-7-8-9-10-11-15-24-41(34(32-25-27(2)18-19-28(32)3)35(43)39-30-16-13-12-14-17-30)36(44)33(40-37(45)46-38(4,5)6)26-29-20-22-31(42)23-21-29/h18-23,25,30,33-34,42H,7-17,24,26H2,1-6H3,(H,39,43)(H,40,45). The fourth-order valence-electron chi connectivity index (χ4n) is 6.18. The molecule has 0 aliphatic heterocycles. The van der Waals surface area contributed by atoms with E-state index >= 15 is 0 Å². The highest BCUT2D eigenvalue weighted by molar-refractivity contribution is 5.92. The lowest BCUT2D eigenvalue weighted by atomic mass is 9.92. The number of ether oxygens (including phenoxy) is 1. The predicted molar refractivity (Wildman–Crippen MR) is 184 cm³/mol. The van der Waals surface area contributed by atoms with Gasteiger partial charge in [-0.1, -0.05) is 94.2 Å². The van der Waals surface area contributed by atoms with Crippen LogP contribution in [0, 0.1) is 13.8 Å². The van der Waals surface area contributed by atoms with Crippen LogP contribution in [0.3, 0.4) is 0 Å². The number of rotatable bonds is 15. The summed E-state index contributed by atoms with van der Waals surface area (Å²) in [6, 6.07) is 10.9. The molecule has 2 atom stereocenters. The summed E-state index contributed by atoms with van der Waals surface area (Å²) in [6.45, 7) is 11.9. The minimum absolute atomic E-state index is 0.0764. The van der Waals surface area contributed by atoms with Gasteiger partial charge in [-0.05, 0) is 82.7 Å². The molecule has 0 bridgehead atoms. The molecule has 2 aromatic carbocycles. The monoisotopic (exact) mass is 635 g/mol. The first-order valence-electron chi connectivity index (χ1n) is 17.3. The highest BCUT2D eigenvalue weighted by Gasteiger charge is 2.37. The Morgan fingerprint density at radius 1 is 0.935 bits per heavy atom. The lowest BCUT2D eigenvalue weighted by Crippen LogP contribution is -2.55. The molecule has 0 aromatic heterocycles. The van der Waals surface area contributed by atoms with Crippen LogP contribution in [0.2, 0.25) is 0 Å². The first-order valence-corrected chi connectivity index (χ1v) is 17.3. The van der Waals surface area contributed by atoms with Crippen LogP contribution in [0.1, 0.15) is 127 Å². The quantitative estimate of drug-likeness (QED) is 0.173. The highest BCUT2D eigenvalue weighted by Crippen LogP contribution is 2.29. The second kappa shape index (κ2) is 18.0. The Hall–Kier alpha value is -3.55. The Labute approximate surface area is 276 Å². The molecule has 8 heteroatoms. The van der Waals surface area contributed by atoms with Gasteiger partial charge in [-0.3, -0.25) is 9.59 Å². The van der Waals surface area contributed by atoms with Crippen molar-refractivity contribution in [1.82, 2.24) is 15.5 Å². The maximum atomic E-state index is 14.8. The molecule has 0 saturated heterocycles. The summed E-state index contributed by atoms with van der Waals surface area (Å²) in [4.78, 5) is 44.0. The third-order valence-corrected chi connectivity index (χ3v) is 8.64. The van der Waals surface area contributed by atoms with E-state index in [1.54, 1.807) is 49.9 Å². The molecule has 0 radical (unpaired) electrons. The molecule has 254 valence electrons. The molecule has 1 saturated carbocycles. The van der Waals surface area contributed by atoms with Gasteiger partial charge in [0.05, 0.1) is 0 Å². The number of phenols is 1. The van der Waals surface area contributed by atoms with Crippen molar-refractivity contribution in [2.45, 2.75) is 142 Å². The molecule has 0 spiro atoms. The molecule has 1 fully saturated rings. The fourth-order valence-corrected chi connectivity index (χ4v) is 6.18. The van der Waals surface area contributed by atoms with Gasteiger partial charge in [0.15, 0.2) is 0 Å². The maximum absolute atomic E-state index is 14.8. The summed E-state index contributed by atoms with van der Waals surface area (Å²) in [5.41, 5.74) is 2.76. The summed E-state index contributed by atoms with van der Waals surface area (Å²) in [6.07, 6.45) is 10.9. The number of hydrogen-bond donors (Lipinski definition) is 3. The van der Waals surface area contributed by atoms with Gasteiger partial charge >= 0.3 is 6.09 Å². The average molecular weight is 636 g/mol. The first-order chi connectivity index (χ1) is 21.9. The third kappa shape index (κ3) is 12.0. The third-order valence-electron chi connectivity index (χ3n) is 8.64. The molecule has 46 heavy (non-hydrogen) atoms. The normalized spacial score (nSPS) is 15.1. The Balaban J connectivity index is 2.04. The largest absolute Gasteiger partial charge is 0.508 e. The molecule has 3 N–H and O–H groups in total. The first kappa shape index (κ1) is 36.9. The molecular formula is C38H57N3O5. The van der Waals surface area contributed by atoms with Gasteiger partial charge in [-0.15, -0.1) is 0 Å². The Bertz CT molecular complexity index is 1260. The zero-order valence-electron chi connectivity index (χ0n) is 29.0. The molecule has 2 unspecified atom stereocenters. The van der Waals surface area contributed by atoms with Gasteiger partial charge in [0.25, 0.3) is 0 Å². The van der Waals surface area contributed by atoms with E-state index in [4.69, 9.17) is 4.74 Å². The minimum atomic E-state index is -0.991. The number of carbonyl (C=O) groups excluding carboxylic acids is 3. The van der Waals surface area contributed by atoms with Crippen molar-refractivity contribution in [3.05, 3.63) is 64.7 Å². The fraction of sp³-hybridized carbons (Fsp3) is 0.605. The Morgan fingerprint density at radius 3 is 2.24 bits per heavy atom. The van der Waals surface area contributed by atoms with E-state index < -0.39 is 23.8 Å². The van der Waals surface area contributed by atoms with E-state index in [0.717, 1.165) is 80.0 Å². The van der Waals surface area contributed by atoms with Gasteiger partial charge in [-0.25, -0.2) is 4.79 Å². The van der Waals surface area contributed by atoms with E-state index in [1.165, 1.54) is 12.8 Å². The number of phenolic OH excluding ortho intramolecular Hbond substituents is 1. The number of aryl methyl sites for hydroxylation is 2. The molecule has 3 rings (SSSR count). The van der Waals surface area contributed by atoms with E-state index in [-0.39, 0.29) is 30.0 Å². The van der Waals surface area contributed by atoms with Crippen LogP contribution in [0.5, 0.6) is 5.75 Å². The summed E-state index contributed by atoms with van der Waals surface area (Å²) < 4.78 is 5.58. The van der Waals surface area contributed by atoms with Crippen molar-refractivity contribution >= 4 is 17.9 Å².